The lowest BCUT2D eigenvalue weighted by atomic mass is 9.63. The van der Waals surface area contributed by atoms with Gasteiger partial charge >= 0.3 is 0 Å². The zero-order valence-corrected chi connectivity index (χ0v) is 12.4. The Morgan fingerprint density at radius 1 is 1.35 bits per heavy atom. The van der Waals surface area contributed by atoms with E-state index in [-0.39, 0.29) is 12.5 Å². The van der Waals surface area contributed by atoms with E-state index in [1.54, 1.807) is 7.11 Å². The van der Waals surface area contributed by atoms with Crippen molar-refractivity contribution in [3.8, 4) is 5.75 Å². The second-order valence-electron chi connectivity index (χ2n) is 6.16. The smallest absolute Gasteiger partial charge is 0.231 e. The van der Waals surface area contributed by atoms with Crippen LogP contribution in [-0.4, -0.2) is 30.3 Å². The Balaban J connectivity index is 2.22. The van der Waals surface area contributed by atoms with E-state index < -0.39 is 11.0 Å². The first-order valence-corrected chi connectivity index (χ1v) is 7.01. The number of nitrogens with one attached hydrogen (secondary N) is 1. The average Bonchev–Trinajstić information content (AvgIpc) is 2.37. The molecule has 1 aliphatic carbocycles. The van der Waals surface area contributed by atoms with Gasteiger partial charge in [-0.3, -0.25) is 4.79 Å². The van der Waals surface area contributed by atoms with Crippen LogP contribution in [0.2, 0.25) is 0 Å². The second-order valence-corrected chi connectivity index (χ2v) is 6.16. The van der Waals surface area contributed by atoms with Crippen molar-refractivity contribution < 1.29 is 14.6 Å². The van der Waals surface area contributed by atoms with Crippen molar-refractivity contribution in [2.75, 3.05) is 13.7 Å². The van der Waals surface area contributed by atoms with Crippen molar-refractivity contribution in [1.29, 1.82) is 0 Å². The van der Waals surface area contributed by atoms with Crippen LogP contribution in [0, 0.1) is 0 Å². The summed E-state index contributed by atoms with van der Waals surface area (Å²) >= 11 is 0. The third-order valence-corrected chi connectivity index (χ3v) is 4.13. The van der Waals surface area contributed by atoms with Crippen molar-refractivity contribution in [1.82, 2.24) is 5.32 Å². The summed E-state index contributed by atoms with van der Waals surface area (Å²) in [4.78, 5) is 12.6. The van der Waals surface area contributed by atoms with E-state index in [9.17, 15) is 9.90 Å². The maximum atomic E-state index is 12.6. The van der Waals surface area contributed by atoms with E-state index in [4.69, 9.17) is 4.74 Å². The number of carbonyl (C=O) groups is 1. The standard InChI is InChI=1S/C16H23NO3/c1-15(2,11-18)17-14(19)16(9-4-10-16)12-5-7-13(20-3)8-6-12/h5-8,18H,4,9-11H2,1-3H3,(H,17,19). The molecule has 1 aliphatic rings. The number of rotatable bonds is 5. The van der Waals surface area contributed by atoms with Gasteiger partial charge in [-0.25, -0.2) is 0 Å². The molecule has 0 heterocycles. The van der Waals surface area contributed by atoms with E-state index in [0.717, 1.165) is 30.6 Å². The number of hydrogen-bond acceptors (Lipinski definition) is 3. The van der Waals surface area contributed by atoms with Crippen LogP contribution in [-0.2, 0) is 10.2 Å². The SMILES string of the molecule is COc1ccc(C2(C(=O)NC(C)(C)CO)CCC2)cc1. The fraction of sp³-hybridized carbons (Fsp3) is 0.562. The first-order chi connectivity index (χ1) is 9.43. The highest BCUT2D eigenvalue weighted by molar-refractivity contribution is 5.89. The minimum absolute atomic E-state index is 0.00738. The summed E-state index contributed by atoms with van der Waals surface area (Å²) in [7, 11) is 1.63. The van der Waals surface area contributed by atoms with Crippen LogP contribution in [0.3, 0.4) is 0 Å². The summed E-state index contributed by atoms with van der Waals surface area (Å²) in [5.41, 5.74) is -0.0130. The van der Waals surface area contributed by atoms with Crippen LogP contribution < -0.4 is 10.1 Å². The molecule has 2 N–H and O–H groups in total. The monoisotopic (exact) mass is 277 g/mol. The molecule has 4 nitrogen and oxygen atoms in total. The molecule has 4 heteroatoms. The van der Waals surface area contributed by atoms with E-state index in [2.05, 4.69) is 5.32 Å². The molecule has 0 aromatic heterocycles. The summed E-state index contributed by atoms with van der Waals surface area (Å²) in [5.74, 6) is 0.798. The van der Waals surface area contributed by atoms with Crippen LogP contribution in [0.25, 0.3) is 0 Å². The number of ether oxygens (including phenoxy) is 1. The van der Waals surface area contributed by atoms with Gasteiger partial charge in [0.15, 0.2) is 0 Å². The number of methoxy groups -OCH3 is 1. The van der Waals surface area contributed by atoms with Crippen molar-refractivity contribution >= 4 is 5.91 Å². The lowest BCUT2D eigenvalue weighted by Crippen LogP contribution is -2.56. The first kappa shape index (κ1) is 14.9. The van der Waals surface area contributed by atoms with Gasteiger partial charge in [0, 0.05) is 0 Å². The number of amides is 1. The molecule has 0 spiro atoms. The molecule has 0 unspecified atom stereocenters. The van der Waals surface area contributed by atoms with Crippen molar-refractivity contribution in [3.63, 3.8) is 0 Å². The summed E-state index contributed by atoms with van der Waals surface area (Å²) in [6, 6.07) is 7.70. The molecule has 1 saturated carbocycles. The number of benzene rings is 1. The van der Waals surface area contributed by atoms with Crippen molar-refractivity contribution in [3.05, 3.63) is 29.8 Å². The van der Waals surface area contributed by atoms with E-state index in [0.29, 0.717) is 0 Å². The Bertz CT molecular complexity index is 475. The predicted octanol–water partition coefficient (Wildman–Crippen LogP) is 2.00. The highest BCUT2D eigenvalue weighted by atomic mass is 16.5. The van der Waals surface area contributed by atoms with E-state index >= 15 is 0 Å². The lowest BCUT2D eigenvalue weighted by Gasteiger charge is -2.42. The zero-order chi connectivity index (χ0) is 14.8. The van der Waals surface area contributed by atoms with Gasteiger partial charge in [0.2, 0.25) is 5.91 Å². The summed E-state index contributed by atoms with van der Waals surface area (Å²) in [6.07, 6.45) is 2.76. The predicted molar refractivity (Wildman–Crippen MR) is 77.8 cm³/mol. The van der Waals surface area contributed by atoms with E-state index in [1.165, 1.54) is 0 Å². The van der Waals surface area contributed by atoms with Gasteiger partial charge in [-0.1, -0.05) is 18.6 Å². The summed E-state index contributed by atoms with van der Waals surface area (Å²) in [5, 5.41) is 12.3. The molecule has 0 bridgehead atoms. The molecule has 2 rings (SSSR count). The molecule has 1 aromatic carbocycles. The Kier molecular flexibility index (Phi) is 4.04. The van der Waals surface area contributed by atoms with Crippen LogP contribution in [0.5, 0.6) is 5.75 Å². The molecule has 0 saturated heterocycles. The van der Waals surface area contributed by atoms with Gasteiger partial charge in [0.05, 0.1) is 24.7 Å². The van der Waals surface area contributed by atoms with Gasteiger partial charge in [0.25, 0.3) is 0 Å². The summed E-state index contributed by atoms with van der Waals surface area (Å²) < 4.78 is 5.16. The first-order valence-electron chi connectivity index (χ1n) is 7.01. The molecule has 110 valence electrons. The van der Waals surface area contributed by atoms with Gasteiger partial charge in [-0.2, -0.15) is 0 Å². The number of aliphatic hydroxyl groups is 1. The molecular weight excluding hydrogens is 254 g/mol. The minimum Gasteiger partial charge on any atom is -0.497 e. The second kappa shape index (κ2) is 5.44. The molecule has 0 radical (unpaired) electrons. The fourth-order valence-electron chi connectivity index (χ4n) is 2.55. The Morgan fingerprint density at radius 2 is 1.95 bits per heavy atom. The number of aliphatic hydroxyl groups excluding tert-OH is 1. The third-order valence-electron chi connectivity index (χ3n) is 4.13. The Hall–Kier alpha value is -1.55. The quantitative estimate of drug-likeness (QED) is 0.865. The molecular formula is C16H23NO3. The van der Waals surface area contributed by atoms with Crippen molar-refractivity contribution in [2.45, 2.75) is 44.1 Å². The van der Waals surface area contributed by atoms with Crippen LogP contribution in [0.1, 0.15) is 38.7 Å². The van der Waals surface area contributed by atoms with Crippen molar-refractivity contribution in [2.24, 2.45) is 0 Å². The number of hydrogen-bond donors (Lipinski definition) is 2. The zero-order valence-electron chi connectivity index (χ0n) is 12.4. The molecule has 1 amide bonds. The molecule has 20 heavy (non-hydrogen) atoms. The maximum absolute atomic E-state index is 12.6. The lowest BCUT2D eigenvalue weighted by molar-refractivity contribution is -0.132. The highest BCUT2D eigenvalue weighted by Crippen LogP contribution is 2.44. The van der Waals surface area contributed by atoms with Gasteiger partial charge in [-0.05, 0) is 44.4 Å². The molecule has 1 fully saturated rings. The van der Waals surface area contributed by atoms with Gasteiger partial charge in [0.1, 0.15) is 5.75 Å². The fourth-order valence-corrected chi connectivity index (χ4v) is 2.55. The topological polar surface area (TPSA) is 58.6 Å². The minimum atomic E-state index is -0.591. The third kappa shape index (κ3) is 2.66. The number of carbonyl (C=O) groups excluding carboxylic acids is 1. The summed E-state index contributed by atoms with van der Waals surface area (Å²) in [6.45, 7) is 3.58. The molecule has 0 aliphatic heterocycles. The normalized spacial score (nSPS) is 17.2. The molecule has 1 aromatic rings. The van der Waals surface area contributed by atoms with Crippen LogP contribution in [0.15, 0.2) is 24.3 Å². The Labute approximate surface area is 120 Å². The molecule has 0 atom stereocenters. The van der Waals surface area contributed by atoms with Gasteiger partial charge in [-0.15, -0.1) is 0 Å². The highest BCUT2D eigenvalue weighted by Gasteiger charge is 2.46. The van der Waals surface area contributed by atoms with Gasteiger partial charge < -0.3 is 15.2 Å². The van der Waals surface area contributed by atoms with E-state index in [1.807, 2.05) is 38.1 Å². The van der Waals surface area contributed by atoms with Crippen LogP contribution in [0.4, 0.5) is 0 Å². The largest absolute Gasteiger partial charge is 0.497 e. The average molecular weight is 277 g/mol. The maximum Gasteiger partial charge on any atom is 0.231 e. The Morgan fingerprint density at radius 3 is 2.35 bits per heavy atom. The van der Waals surface area contributed by atoms with Crippen LogP contribution >= 0.6 is 0 Å².